The molecule has 0 spiro atoms. The van der Waals surface area contributed by atoms with Crippen LogP contribution in [0.5, 0.6) is 0 Å². The van der Waals surface area contributed by atoms with Crippen molar-refractivity contribution in [2.45, 2.75) is 12.5 Å². The summed E-state index contributed by atoms with van der Waals surface area (Å²) in [5.41, 5.74) is 13.6. The predicted octanol–water partition coefficient (Wildman–Crippen LogP) is 2.22. The van der Waals surface area contributed by atoms with E-state index in [4.69, 9.17) is 11.5 Å². The van der Waals surface area contributed by atoms with Gasteiger partial charge in [0.1, 0.15) is 0 Å². The molecule has 4 heteroatoms. The fourth-order valence-electron chi connectivity index (χ4n) is 1.57. The van der Waals surface area contributed by atoms with E-state index >= 15 is 0 Å². The minimum atomic E-state index is -0.648. The number of rotatable bonds is 6. The minimum Gasteiger partial charge on any atom is -0.399 e. The number of nitrogens with two attached hydrogens (primary N) is 2. The lowest BCUT2D eigenvalue weighted by Gasteiger charge is -2.13. The number of hydrogen-bond acceptors (Lipinski definition) is 3. The lowest BCUT2D eigenvalue weighted by molar-refractivity contribution is -0.117. The summed E-state index contributed by atoms with van der Waals surface area (Å²) < 4.78 is 0. The third kappa shape index (κ3) is 4.81. The molecular formula is C15H19N3O. The van der Waals surface area contributed by atoms with E-state index in [2.05, 4.69) is 18.5 Å². The van der Waals surface area contributed by atoms with Crippen molar-refractivity contribution < 1.29 is 4.79 Å². The molecule has 4 nitrogen and oxygen atoms in total. The van der Waals surface area contributed by atoms with Crippen molar-refractivity contribution in [1.29, 1.82) is 0 Å². The SMILES string of the molecule is C=C/C=C(\C=C)CC(N)C(=O)Nc1cccc(N)c1. The number of nitrogens with one attached hydrogen (secondary N) is 1. The molecule has 100 valence electrons. The number of carbonyl (C=O) groups excluding carboxylic acids is 1. The highest BCUT2D eigenvalue weighted by Crippen LogP contribution is 2.13. The van der Waals surface area contributed by atoms with E-state index in [0.717, 1.165) is 5.57 Å². The van der Waals surface area contributed by atoms with Crippen LogP contribution in [0.1, 0.15) is 6.42 Å². The van der Waals surface area contributed by atoms with Gasteiger partial charge >= 0.3 is 0 Å². The molecule has 1 atom stereocenters. The van der Waals surface area contributed by atoms with Crippen LogP contribution in [-0.4, -0.2) is 11.9 Å². The van der Waals surface area contributed by atoms with Crippen LogP contribution < -0.4 is 16.8 Å². The third-order valence-electron chi connectivity index (χ3n) is 2.54. The molecule has 0 aliphatic carbocycles. The number of amides is 1. The van der Waals surface area contributed by atoms with Gasteiger partial charge in [-0.05, 0) is 30.2 Å². The first-order chi connectivity index (χ1) is 9.06. The maximum Gasteiger partial charge on any atom is 0.241 e. The van der Waals surface area contributed by atoms with Gasteiger partial charge in [0.05, 0.1) is 6.04 Å². The Morgan fingerprint density at radius 3 is 2.74 bits per heavy atom. The Morgan fingerprint density at radius 1 is 1.42 bits per heavy atom. The van der Waals surface area contributed by atoms with Gasteiger partial charge in [-0.25, -0.2) is 0 Å². The standard InChI is InChI=1S/C15H19N3O/c1-3-6-11(4-2)9-14(17)15(19)18-13-8-5-7-12(16)10-13/h3-8,10,14H,1-2,9,16-17H2,(H,18,19)/b11-6+. The van der Waals surface area contributed by atoms with Crippen LogP contribution >= 0.6 is 0 Å². The summed E-state index contributed by atoms with van der Waals surface area (Å²) in [6, 6.07) is 6.31. The maximum absolute atomic E-state index is 11.9. The molecule has 1 aromatic rings. The van der Waals surface area contributed by atoms with E-state index < -0.39 is 6.04 Å². The summed E-state index contributed by atoms with van der Waals surface area (Å²) in [6.45, 7) is 7.27. The van der Waals surface area contributed by atoms with Crippen molar-refractivity contribution in [1.82, 2.24) is 0 Å². The monoisotopic (exact) mass is 257 g/mol. The van der Waals surface area contributed by atoms with Crippen LogP contribution in [0.2, 0.25) is 0 Å². The Labute approximate surface area is 113 Å². The van der Waals surface area contributed by atoms with Gasteiger partial charge in [-0.1, -0.05) is 37.5 Å². The number of benzene rings is 1. The highest BCUT2D eigenvalue weighted by atomic mass is 16.2. The van der Waals surface area contributed by atoms with Crippen LogP contribution in [0.25, 0.3) is 0 Å². The topological polar surface area (TPSA) is 81.1 Å². The van der Waals surface area contributed by atoms with E-state index in [1.165, 1.54) is 0 Å². The molecule has 19 heavy (non-hydrogen) atoms. The molecular weight excluding hydrogens is 238 g/mol. The molecule has 0 aromatic heterocycles. The minimum absolute atomic E-state index is 0.262. The first kappa shape index (κ1) is 14.7. The highest BCUT2D eigenvalue weighted by Gasteiger charge is 2.14. The molecule has 1 aromatic carbocycles. The Balaban J connectivity index is 2.65. The summed E-state index contributed by atoms with van der Waals surface area (Å²) in [4.78, 5) is 11.9. The third-order valence-corrected chi connectivity index (χ3v) is 2.54. The maximum atomic E-state index is 11.9. The molecule has 1 unspecified atom stereocenters. The fraction of sp³-hybridized carbons (Fsp3) is 0.133. The second-order valence-corrected chi connectivity index (χ2v) is 4.11. The first-order valence-electron chi connectivity index (χ1n) is 5.93. The Bertz CT molecular complexity index is 506. The van der Waals surface area contributed by atoms with Crippen molar-refractivity contribution in [3.8, 4) is 0 Å². The lowest BCUT2D eigenvalue weighted by Crippen LogP contribution is -2.35. The molecule has 0 saturated carbocycles. The Kier molecular flexibility index (Phi) is 5.57. The van der Waals surface area contributed by atoms with E-state index in [1.807, 2.05) is 0 Å². The molecule has 0 radical (unpaired) electrons. The summed E-state index contributed by atoms with van der Waals surface area (Å²) in [5, 5.41) is 2.72. The van der Waals surface area contributed by atoms with Gasteiger partial charge in [0.25, 0.3) is 0 Å². The van der Waals surface area contributed by atoms with Gasteiger partial charge in [-0.2, -0.15) is 0 Å². The van der Waals surface area contributed by atoms with Crippen molar-refractivity contribution in [2.24, 2.45) is 5.73 Å². The van der Waals surface area contributed by atoms with Gasteiger partial charge in [0.15, 0.2) is 0 Å². The van der Waals surface area contributed by atoms with Gasteiger partial charge in [-0.3, -0.25) is 4.79 Å². The van der Waals surface area contributed by atoms with E-state index in [-0.39, 0.29) is 5.91 Å². The molecule has 0 bridgehead atoms. The van der Waals surface area contributed by atoms with Crippen LogP contribution in [0.15, 0.2) is 61.2 Å². The van der Waals surface area contributed by atoms with E-state index in [0.29, 0.717) is 17.8 Å². The first-order valence-corrected chi connectivity index (χ1v) is 5.93. The Hall–Kier alpha value is -2.33. The molecule has 5 N–H and O–H groups in total. The second kappa shape index (κ2) is 7.18. The fourth-order valence-corrected chi connectivity index (χ4v) is 1.57. The number of allylic oxidation sites excluding steroid dienone is 3. The van der Waals surface area contributed by atoms with Gasteiger partial charge in [0.2, 0.25) is 5.91 Å². The lowest BCUT2D eigenvalue weighted by atomic mass is 10.1. The zero-order valence-electron chi connectivity index (χ0n) is 10.8. The largest absolute Gasteiger partial charge is 0.399 e. The molecule has 0 heterocycles. The van der Waals surface area contributed by atoms with Gasteiger partial charge < -0.3 is 16.8 Å². The van der Waals surface area contributed by atoms with Crippen molar-refractivity contribution in [3.63, 3.8) is 0 Å². The van der Waals surface area contributed by atoms with Crippen LogP contribution in [0.3, 0.4) is 0 Å². The molecule has 0 fully saturated rings. The number of hydrogen-bond donors (Lipinski definition) is 3. The van der Waals surface area contributed by atoms with Gasteiger partial charge in [-0.15, -0.1) is 0 Å². The molecule has 0 aliphatic heterocycles. The molecule has 0 saturated heterocycles. The average molecular weight is 257 g/mol. The number of carbonyl (C=O) groups is 1. The zero-order valence-corrected chi connectivity index (χ0v) is 10.8. The summed E-state index contributed by atoms with van der Waals surface area (Å²) >= 11 is 0. The van der Waals surface area contributed by atoms with Crippen LogP contribution in [0.4, 0.5) is 11.4 Å². The van der Waals surface area contributed by atoms with E-state index in [9.17, 15) is 4.79 Å². The van der Waals surface area contributed by atoms with Gasteiger partial charge in [0, 0.05) is 11.4 Å². The Morgan fingerprint density at radius 2 is 2.16 bits per heavy atom. The highest BCUT2D eigenvalue weighted by molar-refractivity contribution is 5.95. The van der Waals surface area contributed by atoms with E-state index in [1.54, 1.807) is 42.5 Å². The summed E-state index contributed by atoms with van der Waals surface area (Å²) in [7, 11) is 0. The van der Waals surface area contributed by atoms with Crippen LogP contribution in [0, 0.1) is 0 Å². The zero-order chi connectivity index (χ0) is 14.3. The number of nitrogen functional groups attached to an aromatic ring is 1. The normalized spacial score (nSPS) is 12.6. The van der Waals surface area contributed by atoms with Crippen molar-refractivity contribution in [2.75, 3.05) is 11.1 Å². The van der Waals surface area contributed by atoms with Crippen LogP contribution in [-0.2, 0) is 4.79 Å². The van der Waals surface area contributed by atoms with Crippen molar-refractivity contribution in [3.05, 3.63) is 61.2 Å². The predicted molar refractivity (Wildman–Crippen MR) is 80.6 cm³/mol. The molecule has 1 rings (SSSR count). The summed E-state index contributed by atoms with van der Waals surface area (Å²) in [5.74, 6) is -0.262. The summed E-state index contributed by atoms with van der Waals surface area (Å²) in [6.07, 6.45) is 5.49. The quantitative estimate of drug-likeness (QED) is 0.540. The smallest absolute Gasteiger partial charge is 0.241 e. The molecule has 0 aliphatic rings. The van der Waals surface area contributed by atoms with Crippen molar-refractivity contribution >= 4 is 17.3 Å². The molecule has 1 amide bonds. The average Bonchev–Trinajstić information content (AvgIpc) is 2.38. The number of anilines is 2. The second-order valence-electron chi connectivity index (χ2n) is 4.11.